The van der Waals surface area contributed by atoms with Gasteiger partial charge in [0.25, 0.3) is 0 Å². The molecule has 3 heterocycles. The van der Waals surface area contributed by atoms with E-state index < -0.39 is 5.82 Å². The lowest BCUT2D eigenvalue weighted by Crippen LogP contribution is -2.47. The average molecular weight is 288 g/mol. The molecule has 6 heteroatoms. The number of aliphatic hydroxyl groups excluding tert-OH is 1. The number of aliphatic hydroxyl groups is 1. The van der Waals surface area contributed by atoms with Crippen LogP contribution in [0.5, 0.6) is 0 Å². The van der Waals surface area contributed by atoms with Gasteiger partial charge in [-0.1, -0.05) is 6.07 Å². The topological polar surface area (TPSA) is 52.5 Å². The van der Waals surface area contributed by atoms with Crippen molar-refractivity contribution in [3.05, 3.63) is 48.0 Å². The van der Waals surface area contributed by atoms with E-state index in [2.05, 4.69) is 14.9 Å². The van der Waals surface area contributed by atoms with Crippen molar-refractivity contribution in [1.82, 2.24) is 9.97 Å². The molecule has 3 rings (SSSR count). The van der Waals surface area contributed by atoms with Gasteiger partial charge in [0.2, 0.25) is 0 Å². The Bertz CT molecular complexity index is 600. The minimum Gasteiger partial charge on any atom is -0.392 e. The molecule has 110 valence electrons. The van der Waals surface area contributed by atoms with E-state index in [1.54, 1.807) is 6.20 Å². The van der Waals surface area contributed by atoms with Crippen molar-refractivity contribution >= 4 is 11.6 Å². The minimum absolute atomic E-state index is 0.284. The van der Waals surface area contributed by atoms with Gasteiger partial charge in [-0.15, -0.1) is 0 Å². The normalized spacial score (nSPS) is 15.3. The van der Waals surface area contributed by atoms with Crippen molar-refractivity contribution < 1.29 is 9.50 Å². The molecular weight excluding hydrogens is 271 g/mol. The number of pyridine rings is 2. The molecular formula is C15H17FN4O. The smallest absolute Gasteiger partial charge is 0.171 e. The van der Waals surface area contributed by atoms with Crippen LogP contribution in [0.4, 0.5) is 16.0 Å². The molecule has 1 fully saturated rings. The van der Waals surface area contributed by atoms with Gasteiger partial charge in [0.05, 0.1) is 6.61 Å². The summed E-state index contributed by atoms with van der Waals surface area (Å²) < 4.78 is 14.2. The Morgan fingerprint density at radius 2 is 1.76 bits per heavy atom. The number of anilines is 2. The summed E-state index contributed by atoms with van der Waals surface area (Å²) >= 11 is 0. The van der Waals surface area contributed by atoms with Crippen molar-refractivity contribution in [2.45, 2.75) is 6.61 Å². The molecule has 1 saturated heterocycles. The first-order chi connectivity index (χ1) is 10.3. The summed E-state index contributed by atoms with van der Waals surface area (Å²) in [6.07, 6.45) is 3.31. The summed E-state index contributed by atoms with van der Waals surface area (Å²) in [7, 11) is 0. The van der Waals surface area contributed by atoms with Crippen LogP contribution in [0.15, 0.2) is 36.7 Å². The molecule has 5 nitrogen and oxygen atoms in total. The predicted molar refractivity (Wildman–Crippen MR) is 78.8 cm³/mol. The Hall–Kier alpha value is -2.21. The Kier molecular flexibility index (Phi) is 3.96. The van der Waals surface area contributed by atoms with E-state index in [-0.39, 0.29) is 12.2 Å². The molecule has 0 bridgehead atoms. The highest BCUT2D eigenvalue weighted by Crippen LogP contribution is 2.22. The fraction of sp³-hybridized carbons (Fsp3) is 0.333. The zero-order valence-electron chi connectivity index (χ0n) is 11.6. The largest absolute Gasteiger partial charge is 0.392 e. The highest BCUT2D eigenvalue weighted by atomic mass is 19.1. The number of hydrogen-bond acceptors (Lipinski definition) is 5. The Balaban J connectivity index is 1.72. The highest BCUT2D eigenvalue weighted by Gasteiger charge is 2.22. The molecule has 0 unspecified atom stereocenters. The van der Waals surface area contributed by atoms with Crippen molar-refractivity contribution in [2.75, 3.05) is 36.0 Å². The standard InChI is InChI=1S/C15H17FN4O/c16-14-12(11-21)4-6-18-15(14)20-9-7-19(8-10-20)13-3-1-2-5-17-13/h1-6,21H,7-11H2. The van der Waals surface area contributed by atoms with E-state index in [1.807, 2.05) is 23.1 Å². The third kappa shape index (κ3) is 2.80. The van der Waals surface area contributed by atoms with E-state index >= 15 is 0 Å². The number of nitrogens with zero attached hydrogens (tertiary/aromatic N) is 4. The summed E-state index contributed by atoms with van der Waals surface area (Å²) in [6, 6.07) is 7.32. The van der Waals surface area contributed by atoms with E-state index in [1.165, 1.54) is 12.3 Å². The van der Waals surface area contributed by atoms with Gasteiger partial charge in [-0.05, 0) is 18.2 Å². The molecule has 1 aliphatic heterocycles. The van der Waals surface area contributed by atoms with Gasteiger partial charge in [0, 0.05) is 44.1 Å². The third-order valence-corrected chi connectivity index (χ3v) is 3.67. The zero-order valence-corrected chi connectivity index (χ0v) is 11.6. The van der Waals surface area contributed by atoms with Crippen molar-refractivity contribution in [1.29, 1.82) is 0 Å². The molecule has 0 spiro atoms. The third-order valence-electron chi connectivity index (χ3n) is 3.67. The van der Waals surface area contributed by atoms with Crippen LogP contribution in [0, 0.1) is 5.82 Å². The molecule has 2 aromatic heterocycles. The average Bonchev–Trinajstić information content (AvgIpc) is 2.56. The number of halogens is 1. The molecule has 0 saturated carbocycles. The van der Waals surface area contributed by atoms with Crippen LogP contribution >= 0.6 is 0 Å². The molecule has 0 radical (unpaired) electrons. The molecule has 1 aliphatic rings. The second-order valence-electron chi connectivity index (χ2n) is 4.93. The lowest BCUT2D eigenvalue weighted by Gasteiger charge is -2.36. The van der Waals surface area contributed by atoms with Gasteiger partial charge in [-0.3, -0.25) is 0 Å². The number of hydrogen-bond donors (Lipinski definition) is 1. The van der Waals surface area contributed by atoms with Crippen LogP contribution < -0.4 is 9.80 Å². The van der Waals surface area contributed by atoms with E-state index in [0.717, 1.165) is 18.9 Å². The van der Waals surface area contributed by atoms with Gasteiger partial charge in [0.1, 0.15) is 5.82 Å². The second-order valence-corrected chi connectivity index (χ2v) is 4.93. The molecule has 1 N–H and O–H groups in total. The lowest BCUT2D eigenvalue weighted by molar-refractivity contribution is 0.275. The molecule has 0 aliphatic carbocycles. The maximum absolute atomic E-state index is 14.2. The molecule has 2 aromatic rings. The van der Waals surface area contributed by atoms with Crippen molar-refractivity contribution in [3.8, 4) is 0 Å². The lowest BCUT2D eigenvalue weighted by atomic mass is 10.2. The van der Waals surface area contributed by atoms with Gasteiger partial charge < -0.3 is 14.9 Å². The zero-order chi connectivity index (χ0) is 14.7. The number of piperazine rings is 1. The quantitative estimate of drug-likeness (QED) is 0.926. The van der Waals surface area contributed by atoms with Crippen LogP contribution in [-0.2, 0) is 6.61 Å². The number of rotatable bonds is 3. The van der Waals surface area contributed by atoms with Crippen molar-refractivity contribution in [3.63, 3.8) is 0 Å². The van der Waals surface area contributed by atoms with Crippen LogP contribution in [0.3, 0.4) is 0 Å². The Labute approximate surface area is 122 Å². The summed E-state index contributed by atoms with van der Waals surface area (Å²) in [5.74, 6) is 0.836. The molecule has 0 aromatic carbocycles. The maximum atomic E-state index is 14.2. The Morgan fingerprint density at radius 1 is 1.00 bits per heavy atom. The first-order valence-electron chi connectivity index (χ1n) is 6.95. The first kappa shape index (κ1) is 13.8. The predicted octanol–water partition coefficient (Wildman–Crippen LogP) is 1.43. The van der Waals surface area contributed by atoms with Crippen LogP contribution in [0.2, 0.25) is 0 Å². The molecule has 0 amide bonds. The number of aromatic nitrogens is 2. The monoisotopic (exact) mass is 288 g/mol. The van der Waals surface area contributed by atoms with Crippen LogP contribution in [-0.4, -0.2) is 41.3 Å². The molecule has 21 heavy (non-hydrogen) atoms. The summed E-state index contributed by atoms with van der Waals surface area (Å²) in [6.45, 7) is 2.57. The summed E-state index contributed by atoms with van der Waals surface area (Å²) in [5, 5.41) is 9.13. The fourth-order valence-corrected chi connectivity index (χ4v) is 2.50. The van der Waals surface area contributed by atoms with E-state index in [4.69, 9.17) is 5.11 Å². The van der Waals surface area contributed by atoms with E-state index in [0.29, 0.717) is 18.9 Å². The first-order valence-corrected chi connectivity index (χ1v) is 6.95. The summed E-state index contributed by atoms with van der Waals surface area (Å²) in [5.41, 5.74) is 0.284. The van der Waals surface area contributed by atoms with E-state index in [9.17, 15) is 4.39 Å². The minimum atomic E-state index is -0.425. The van der Waals surface area contributed by atoms with Crippen molar-refractivity contribution in [2.24, 2.45) is 0 Å². The second kappa shape index (κ2) is 6.05. The summed E-state index contributed by atoms with van der Waals surface area (Å²) in [4.78, 5) is 12.5. The molecule has 0 atom stereocenters. The maximum Gasteiger partial charge on any atom is 0.171 e. The SMILES string of the molecule is OCc1ccnc(N2CCN(c3ccccn3)CC2)c1F. The van der Waals surface area contributed by atoms with Gasteiger partial charge in [-0.25, -0.2) is 14.4 Å². The fourth-order valence-electron chi connectivity index (χ4n) is 2.50. The Morgan fingerprint density at radius 3 is 2.43 bits per heavy atom. The van der Waals surface area contributed by atoms with Gasteiger partial charge in [0.15, 0.2) is 11.6 Å². The van der Waals surface area contributed by atoms with Crippen LogP contribution in [0.1, 0.15) is 5.56 Å². The van der Waals surface area contributed by atoms with Gasteiger partial charge in [-0.2, -0.15) is 0 Å². The van der Waals surface area contributed by atoms with Gasteiger partial charge >= 0.3 is 0 Å². The highest BCUT2D eigenvalue weighted by molar-refractivity contribution is 5.46. The van der Waals surface area contributed by atoms with Crippen LogP contribution in [0.25, 0.3) is 0 Å².